The lowest BCUT2D eigenvalue weighted by molar-refractivity contribution is 0.313. The normalized spacial score (nSPS) is 16.6. The fourth-order valence-electron chi connectivity index (χ4n) is 1.48. The predicted molar refractivity (Wildman–Crippen MR) is 57.3 cm³/mol. The highest BCUT2D eigenvalue weighted by Gasteiger charge is 2.20. The number of nitrogens with zero attached hydrogens (tertiary/aromatic N) is 3. The summed E-state index contributed by atoms with van der Waals surface area (Å²) in [6.07, 6.45) is 1.91. The molecule has 0 spiro atoms. The summed E-state index contributed by atoms with van der Waals surface area (Å²) in [5.74, 6) is 0.736. The van der Waals surface area contributed by atoms with Gasteiger partial charge in [0.1, 0.15) is 5.69 Å². The second-order valence-electron chi connectivity index (χ2n) is 3.50. The molecule has 0 radical (unpaired) electrons. The first kappa shape index (κ1) is 9.11. The van der Waals surface area contributed by atoms with Crippen LogP contribution in [-0.4, -0.2) is 28.1 Å². The molecule has 0 amide bonds. The molecule has 2 aromatic heterocycles. The quantitative estimate of drug-likeness (QED) is 0.896. The average Bonchev–Trinajstić information content (AvgIpc) is 2.70. The summed E-state index contributed by atoms with van der Waals surface area (Å²) in [6, 6.07) is 4.15. The molecule has 3 heterocycles. The van der Waals surface area contributed by atoms with Crippen molar-refractivity contribution in [2.75, 3.05) is 13.1 Å². The second kappa shape index (κ2) is 3.46. The first-order chi connectivity index (χ1) is 7.33. The Morgan fingerprint density at radius 1 is 1.47 bits per heavy atom. The van der Waals surface area contributed by atoms with Crippen LogP contribution in [0, 0.1) is 0 Å². The summed E-state index contributed by atoms with van der Waals surface area (Å²) in [6.45, 7) is 1.93. The lowest BCUT2D eigenvalue weighted by Gasteiger charge is -2.26. The number of rotatable bonds is 2. The van der Waals surface area contributed by atoms with Crippen LogP contribution in [0.3, 0.4) is 0 Å². The summed E-state index contributed by atoms with van der Waals surface area (Å²) in [4.78, 5) is 0. The molecule has 3 rings (SSSR count). The van der Waals surface area contributed by atoms with Gasteiger partial charge in [-0.3, -0.25) is 0 Å². The van der Waals surface area contributed by atoms with Gasteiger partial charge in [0.05, 0.1) is 12.2 Å². The van der Waals surface area contributed by atoms with E-state index in [9.17, 15) is 0 Å². The standard InChI is InChI=1S/C9H9BrN4O/c10-9-2-1-8(15-9)7-5-14(13-12-7)6-3-11-4-6/h1-2,5-6,11H,3-4H2. The van der Waals surface area contributed by atoms with Gasteiger partial charge in [-0.2, -0.15) is 0 Å². The van der Waals surface area contributed by atoms with E-state index in [2.05, 4.69) is 31.6 Å². The number of halogens is 1. The van der Waals surface area contributed by atoms with Crippen molar-refractivity contribution >= 4 is 15.9 Å². The summed E-state index contributed by atoms with van der Waals surface area (Å²) in [5, 5.41) is 11.3. The minimum Gasteiger partial charge on any atom is -0.448 e. The van der Waals surface area contributed by atoms with Crippen LogP contribution < -0.4 is 5.32 Å². The molecule has 1 saturated heterocycles. The zero-order valence-electron chi connectivity index (χ0n) is 7.85. The van der Waals surface area contributed by atoms with Crippen LogP contribution in [0.25, 0.3) is 11.5 Å². The Hall–Kier alpha value is -1.14. The van der Waals surface area contributed by atoms with Gasteiger partial charge in [-0.05, 0) is 28.1 Å². The summed E-state index contributed by atoms with van der Waals surface area (Å²) in [5.41, 5.74) is 0.771. The average molecular weight is 269 g/mol. The van der Waals surface area contributed by atoms with Gasteiger partial charge in [0.25, 0.3) is 0 Å². The van der Waals surface area contributed by atoms with Gasteiger partial charge in [0.2, 0.25) is 0 Å². The molecular formula is C9H9BrN4O. The third kappa shape index (κ3) is 1.59. The molecule has 0 aromatic carbocycles. The van der Waals surface area contributed by atoms with Gasteiger partial charge in [0.15, 0.2) is 10.4 Å². The van der Waals surface area contributed by atoms with Gasteiger partial charge in [-0.15, -0.1) is 5.10 Å². The predicted octanol–water partition coefficient (Wildman–Crippen LogP) is 1.44. The highest BCUT2D eigenvalue weighted by atomic mass is 79.9. The maximum atomic E-state index is 5.40. The van der Waals surface area contributed by atoms with Crippen LogP contribution in [0.2, 0.25) is 0 Å². The van der Waals surface area contributed by atoms with Crippen LogP contribution in [0.5, 0.6) is 0 Å². The molecule has 0 unspecified atom stereocenters. The smallest absolute Gasteiger partial charge is 0.169 e. The molecule has 0 bridgehead atoms. The van der Waals surface area contributed by atoms with Crippen LogP contribution in [0.4, 0.5) is 0 Å². The zero-order chi connectivity index (χ0) is 10.3. The lowest BCUT2D eigenvalue weighted by Crippen LogP contribution is -2.43. The maximum absolute atomic E-state index is 5.40. The summed E-state index contributed by atoms with van der Waals surface area (Å²) in [7, 11) is 0. The molecule has 5 nitrogen and oxygen atoms in total. The van der Waals surface area contributed by atoms with Gasteiger partial charge in [0, 0.05) is 13.1 Å². The van der Waals surface area contributed by atoms with E-state index in [0.717, 1.165) is 24.5 Å². The van der Waals surface area contributed by atoms with E-state index >= 15 is 0 Å². The molecule has 0 aliphatic carbocycles. The van der Waals surface area contributed by atoms with Crippen molar-refractivity contribution in [1.82, 2.24) is 20.3 Å². The zero-order valence-corrected chi connectivity index (χ0v) is 9.44. The Morgan fingerprint density at radius 2 is 2.33 bits per heavy atom. The number of nitrogens with one attached hydrogen (secondary N) is 1. The highest BCUT2D eigenvalue weighted by Crippen LogP contribution is 2.23. The number of aromatic nitrogens is 3. The number of hydrogen-bond donors (Lipinski definition) is 1. The second-order valence-corrected chi connectivity index (χ2v) is 4.28. The van der Waals surface area contributed by atoms with Crippen molar-refractivity contribution in [2.24, 2.45) is 0 Å². The molecular weight excluding hydrogens is 260 g/mol. The van der Waals surface area contributed by atoms with E-state index in [-0.39, 0.29) is 0 Å². The van der Waals surface area contributed by atoms with E-state index in [4.69, 9.17) is 4.42 Å². The third-order valence-electron chi connectivity index (χ3n) is 2.47. The Morgan fingerprint density at radius 3 is 2.93 bits per heavy atom. The van der Waals surface area contributed by atoms with E-state index in [1.807, 2.05) is 23.0 Å². The fourth-order valence-corrected chi connectivity index (χ4v) is 1.79. The molecule has 15 heavy (non-hydrogen) atoms. The topological polar surface area (TPSA) is 55.9 Å². The van der Waals surface area contributed by atoms with E-state index in [1.54, 1.807) is 0 Å². The SMILES string of the molecule is Brc1ccc(-c2cn(C3CNC3)nn2)o1. The van der Waals surface area contributed by atoms with Crippen LogP contribution >= 0.6 is 15.9 Å². The van der Waals surface area contributed by atoms with Gasteiger partial charge >= 0.3 is 0 Å². The Kier molecular flexibility index (Phi) is 2.10. The number of furan rings is 1. The number of hydrogen-bond acceptors (Lipinski definition) is 4. The van der Waals surface area contributed by atoms with Crippen molar-refractivity contribution in [2.45, 2.75) is 6.04 Å². The maximum Gasteiger partial charge on any atom is 0.169 e. The molecule has 6 heteroatoms. The Bertz CT molecular complexity index is 474. The van der Waals surface area contributed by atoms with Crippen molar-refractivity contribution in [3.8, 4) is 11.5 Å². The van der Waals surface area contributed by atoms with Gasteiger partial charge < -0.3 is 9.73 Å². The third-order valence-corrected chi connectivity index (χ3v) is 2.90. The Balaban J connectivity index is 1.89. The fraction of sp³-hybridized carbons (Fsp3) is 0.333. The first-order valence-electron chi connectivity index (χ1n) is 4.71. The molecule has 1 fully saturated rings. The minimum atomic E-state index is 0.435. The van der Waals surface area contributed by atoms with Crippen molar-refractivity contribution in [3.63, 3.8) is 0 Å². The summed E-state index contributed by atoms with van der Waals surface area (Å²) >= 11 is 3.26. The summed E-state index contributed by atoms with van der Waals surface area (Å²) < 4.78 is 7.98. The molecule has 0 saturated carbocycles. The van der Waals surface area contributed by atoms with E-state index in [0.29, 0.717) is 10.7 Å². The molecule has 1 aliphatic heterocycles. The largest absolute Gasteiger partial charge is 0.448 e. The minimum absolute atomic E-state index is 0.435. The molecule has 1 N–H and O–H groups in total. The molecule has 78 valence electrons. The monoisotopic (exact) mass is 268 g/mol. The van der Waals surface area contributed by atoms with Crippen molar-refractivity contribution in [1.29, 1.82) is 0 Å². The van der Waals surface area contributed by atoms with Gasteiger partial charge in [-0.25, -0.2) is 4.68 Å². The van der Waals surface area contributed by atoms with E-state index < -0.39 is 0 Å². The molecule has 1 aliphatic rings. The molecule has 0 atom stereocenters. The Labute approximate surface area is 94.6 Å². The lowest BCUT2D eigenvalue weighted by atomic mass is 10.2. The first-order valence-corrected chi connectivity index (χ1v) is 5.50. The van der Waals surface area contributed by atoms with Crippen molar-refractivity contribution < 1.29 is 4.42 Å². The van der Waals surface area contributed by atoms with Crippen LogP contribution in [0.1, 0.15) is 6.04 Å². The molecule has 2 aromatic rings. The van der Waals surface area contributed by atoms with Crippen molar-refractivity contribution in [3.05, 3.63) is 23.0 Å². The van der Waals surface area contributed by atoms with Gasteiger partial charge in [-0.1, -0.05) is 5.21 Å². The highest BCUT2D eigenvalue weighted by molar-refractivity contribution is 9.10. The van der Waals surface area contributed by atoms with Crippen LogP contribution in [-0.2, 0) is 0 Å². The van der Waals surface area contributed by atoms with Crippen LogP contribution in [0.15, 0.2) is 27.4 Å². The van der Waals surface area contributed by atoms with E-state index in [1.165, 1.54) is 0 Å².